The van der Waals surface area contributed by atoms with Crippen LogP contribution in [0.5, 0.6) is 0 Å². The van der Waals surface area contributed by atoms with Gasteiger partial charge in [-0.3, -0.25) is 9.40 Å². The van der Waals surface area contributed by atoms with Gasteiger partial charge in [0.05, 0.1) is 12.3 Å². The van der Waals surface area contributed by atoms with Crippen LogP contribution in [0.25, 0.3) is 0 Å². The highest BCUT2D eigenvalue weighted by molar-refractivity contribution is 7.93. The number of sulfonamides is 1. The molecule has 1 rings (SSSR count). The maximum absolute atomic E-state index is 11.6. The summed E-state index contributed by atoms with van der Waals surface area (Å²) in [7, 11) is -2.56. The fourth-order valence-corrected chi connectivity index (χ4v) is 1.83. The molecular formula is C8H10N4O4S. The Balaban J connectivity index is 3.17. The number of hydrogen-bond acceptors (Lipinski definition) is 5. The molecule has 0 aromatic carbocycles. The van der Waals surface area contributed by atoms with Crippen molar-refractivity contribution < 1.29 is 18.3 Å². The first kappa shape index (κ1) is 13.0. The van der Waals surface area contributed by atoms with Gasteiger partial charge in [-0.1, -0.05) is 0 Å². The summed E-state index contributed by atoms with van der Waals surface area (Å²) in [6, 6.07) is 1.56. The number of nitrogens with zero attached hydrogens (tertiary/aromatic N) is 3. The smallest absolute Gasteiger partial charge is 0.341 e. The van der Waals surface area contributed by atoms with E-state index in [0.29, 0.717) is 0 Å². The highest BCUT2D eigenvalue weighted by Gasteiger charge is 2.25. The van der Waals surface area contributed by atoms with Crippen LogP contribution >= 0.6 is 0 Å². The minimum atomic E-state index is -3.95. The molecule has 0 bridgehead atoms. The lowest BCUT2D eigenvalue weighted by Crippen LogP contribution is -2.26. The van der Waals surface area contributed by atoms with Gasteiger partial charge in [-0.2, -0.15) is 10.4 Å². The summed E-state index contributed by atoms with van der Waals surface area (Å²) in [5.41, 5.74) is -0.277. The monoisotopic (exact) mass is 258 g/mol. The van der Waals surface area contributed by atoms with E-state index in [1.54, 1.807) is 6.07 Å². The summed E-state index contributed by atoms with van der Waals surface area (Å²) in [6.45, 7) is 1.19. The summed E-state index contributed by atoms with van der Waals surface area (Å²) in [4.78, 5) is 10.8. The van der Waals surface area contributed by atoms with Crippen LogP contribution < -0.4 is 4.72 Å². The predicted octanol–water partition coefficient (Wildman–Crippen LogP) is -0.228. The third kappa shape index (κ3) is 2.54. The Bertz CT molecular complexity index is 583. The molecule has 0 saturated heterocycles. The molecule has 1 unspecified atom stereocenters. The van der Waals surface area contributed by atoms with Crippen LogP contribution in [0.2, 0.25) is 0 Å². The molecule has 9 heteroatoms. The van der Waals surface area contributed by atoms with Crippen molar-refractivity contribution in [3.63, 3.8) is 0 Å². The van der Waals surface area contributed by atoms with Gasteiger partial charge in [0.1, 0.15) is 5.56 Å². The van der Waals surface area contributed by atoms with Crippen LogP contribution in [0.1, 0.15) is 17.3 Å². The van der Waals surface area contributed by atoms with Crippen LogP contribution in [0, 0.1) is 11.3 Å². The minimum absolute atomic E-state index is 0.181. The van der Waals surface area contributed by atoms with Gasteiger partial charge in [-0.25, -0.2) is 13.2 Å². The number of carboxylic acid groups (broad SMARTS) is 1. The Morgan fingerprint density at radius 1 is 1.71 bits per heavy atom. The zero-order valence-corrected chi connectivity index (χ0v) is 9.89. The van der Waals surface area contributed by atoms with E-state index in [1.807, 2.05) is 4.72 Å². The normalized spacial score (nSPS) is 12.8. The molecule has 1 heterocycles. The number of nitrogens with one attached hydrogen (secondary N) is 1. The lowest BCUT2D eigenvalue weighted by molar-refractivity contribution is 0.0698. The zero-order valence-electron chi connectivity index (χ0n) is 9.08. The van der Waals surface area contributed by atoms with E-state index in [4.69, 9.17) is 10.4 Å². The van der Waals surface area contributed by atoms with E-state index in [9.17, 15) is 13.2 Å². The average Bonchev–Trinajstić information content (AvgIpc) is 2.58. The van der Waals surface area contributed by atoms with Crippen molar-refractivity contribution in [2.75, 3.05) is 4.72 Å². The van der Waals surface area contributed by atoms with Crippen molar-refractivity contribution in [1.29, 1.82) is 5.26 Å². The summed E-state index contributed by atoms with van der Waals surface area (Å²) in [5.74, 6) is -1.49. The van der Waals surface area contributed by atoms with Gasteiger partial charge in [0.25, 0.3) is 0 Å². The summed E-state index contributed by atoms with van der Waals surface area (Å²) in [5, 5.41) is 19.7. The lowest BCUT2D eigenvalue weighted by atomic mass is 10.3. The number of carbonyl (C=O) groups is 1. The van der Waals surface area contributed by atoms with Crippen LogP contribution in [0.15, 0.2) is 6.20 Å². The average molecular weight is 258 g/mol. The first-order valence-electron chi connectivity index (χ1n) is 4.46. The number of anilines is 1. The van der Waals surface area contributed by atoms with Crippen LogP contribution in [-0.2, 0) is 17.1 Å². The van der Waals surface area contributed by atoms with Crippen molar-refractivity contribution in [3.05, 3.63) is 11.8 Å². The van der Waals surface area contributed by atoms with E-state index >= 15 is 0 Å². The lowest BCUT2D eigenvalue weighted by Gasteiger charge is -2.09. The molecule has 8 nitrogen and oxygen atoms in total. The van der Waals surface area contributed by atoms with Crippen LogP contribution in [-0.4, -0.2) is 34.5 Å². The second-order valence-electron chi connectivity index (χ2n) is 3.25. The number of rotatable bonds is 4. The number of aromatic carboxylic acids is 1. The molecule has 0 amide bonds. The molecule has 1 aromatic rings. The van der Waals surface area contributed by atoms with Crippen molar-refractivity contribution in [2.24, 2.45) is 7.05 Å². The SMILES string of the molecule is CC(C#N)S(=O)(=O)Nc1c(C(=O)O)cnn1C. The quantitative estimate of drug-likeness (QED) is 0.768. The second kappa shape index (κ2) is 4.42. The molecule has 0 fully saturated rings. The van der Waals surface area contributed by atoms with Gasteiger partial charge in [-0.05, 0) is 6.92 Å². The Morgan fingerprint density at radius 3 is 2.76 bits per heavy atom. The van der Waals surface area contributed by atoms with Crippen molar-refractivity contribution in [2.45, 2.75) is 12.2 Å². The maximum atomic E-state index is 11.6. The molecule has 0 aliphatic rings. The van der Waals surface area contributed by atoms with Crippen molar-refractivity contribution in [3.8, 4) is 6.07 Å². The Hall–Kier alpha value is -2.08. The molecule has 17 heavy (non-hydrogen) atoms. The minimum Gasteiger partial charge on any atom is -0.477 e. The Kier molecular flexibility index (Phi) is 3.38. The van der Waals surface area contributed by atoms with E-state index in [0.717, 1.165) is 10.9 Å². The molecule has 92 valence electrons. The summed E-state index contributed by atoms with van der Waals surface area (Å²) in [6.07, 6.45) is 1.03. The molecule has 0 saturated carbocycles. The van der Waals surface area contributed by atoms with Gasteiger partial charge < -0.3 is 5.11 Å². The van der Waals surface area contributed by atoms with Crippen molar-refractivity contribution in [1.82, 2.24) is 9.78 Å². The standard InChI is InChI=1S/C8H10N4O4S/c1-5(3-9)17(15,16)11-7-6(8(13)14)4-10-12(7)2/h4-5,11H,1-2H3,(H,13,14). The van der Waals surface area contributed by atoms with E-state index in [1.165, 1.54) is 14.0 Å². The van der Waals surface area contributed by atoms with Crippen molar-refractivity contribution >= 4 is 21.8 Å². The zero-order chi connectivity index (χ0) is 13.2. The third-order valence-electron chi connectivity index (χ3n) is 2.06. The molecule has 1 aromatic heterocycles. The molecule has 2 N–H and O–H groups in total. The first-order chi connectivity index (χ1) is 7.79. The number of aromatic nitrogens is 2. The fourth-order valence-electron chi connectivity index (χ4n) is 1.01. The summed E-state index contributed by atoms with van der Waals surface area (Å²) >= 11 is 0. The van der Waals surface area contributed by atoms with Crippen LogP contribution in [0.3, 0.4) is 0 Å². The predicted molar refractivity (Wildman–Crippen MR) is 57.8 cm³/mol. The molecular weight excluding hydrogens is 248 g/mol. The largest absolute Gasteiger partial charge is 0.477 e. The van der Waals surface area contributed by atoms with E-state index in [2.05, 4.69) is 5.10 Å². The Morgan fingerprint density at radius 2 is 2.29 bits per heavy atom. The van der Waals surface area contributed by atoms with Gasteiger partial charge in [0.15, 0.2) is 11.1 Å². The highest BCUT2D eigenvalue weighted by atomic mass is 32.2. The molecule has 0 aliphatic carbocycles. The number of aryl methyl sites for hydroxylation is 1. The molecule has 1 atom stereocenters. The number of nitriles is 1. The number of hydrogen-bond donors (Lipinski definition) is 2. The maximum Gasteiger partial charge on any atom is 0.341 e. The first-order valence-corrected chi connectivity index (χ1v) is 6.00. The van der Waals surface area contributed by atoms with E-state index in [-0.39, 0.29) is 11.4 Å². The molecule has 0 aliphatic heterocycles. The van der Waals surface area contributed by atoms with Gasteiger partial charge in [0.2, 0.25) is 10.0 Å². The highest BCUT2D eigenvalue weighted by Crippen LogP contribution is 2.17. The van der Waals surface area contributed by atoms with E-state index < -0.39 is 21.2 Å². The molecule has 0 radical (unpaired) electrons. The third-order valence-corrected chi connectivity index (χ3v) is 3.57. The summed E-state index contributed by atoms with van der Waals surface area (Å²) < 4.78 is 26.3. The molecule has 0 spiro atoms. The van der Waals surface area contributed by atoms with Crippen LogP contribution in [0.4, 0.5) is 5.82 Å². The van der Waals surface area contributed by atoms with Gasteiger partial charge in [0, 0.05) is 7.05 Å². The Labute approximate surface area is 97.5 Å². The van der Waals surface area contributed by atoms with Gasteiger partial charge >= 0.3 is 5.97 Å². The fraction of sp³-hybridized carbons (Fsp3) is 0.375. The topological polar surface area (TPSA) is 125 Å². The second-order valence-corrected chi connectivity index (χ2v) is 5.26. The van der Waals surface area contributed by atoms with Gasteiger partial charge in [-0.15, -0.1) is 0 Å². The number of carboxylic acids is 1.